The number of carbonyl (C=O) groups is 2. The van der Waals surface area contributed by atoms with Gasteiger partial charge in [0.15, 0.2) is 5.60 Å². The lowest BCUT2D eigenvalue weighted by Gasteiger charge is -2.46. The minimum Gasteiger partial charge on any atom is -0.490 e. The number of ether oxygens (including phenoxy) is 2. The second-order valence-electron chi connectivity index (χ2n) is 14.6. The minimum atomic E-state index is -4.27. The zero-order valence-corrected chi connectivity index (χ0v) is 31.2. The number of hydrogen-bond donors (Lipinski definition) is 1. The number of fused-ring (bicyclic) bond motifs is 4. The Balaban J connectivity index is 1.50. The summed E-state index contributed by atoms with van der Waals surface area (Å²) in [4.78, 5) is 31.6. The van der Waals surface area contributed by atoms with Crippen molar-refractivity contribution in [2.45, 2.75) is 62.1 Å². The third-order valence-electron chi connectivity index (χ3n) is 11.4. The summed E-state index contributed by atoms with van der Waals surface area (Å²) in [6, 6.07) is 11.1. The van der Waals surface area contributed by atoms with Crippen LogP contribution >= 0.6 is 11.6 Å². The number of likely N-dealkylation sites (N-methyl/N-ethyl adjacent to an activating group) is 2. The zero-order valence-electron chi connectivity index (χ0n) is 29.6. The Morgan fingerprint density at radius 1 is 1.12 bits per heavy atom. The van der Waals surface area contributed by atoms with Gasteiger partial charge in [0.25, 0.3) is 5.91 Å². The van der Waals surface area contributed by atoms with Gasteiger partial charge in [-0.1, -0.05) is 35.9 Å². The van der Waals surface area contributed by atoms with Crippen molar-refractivity contribution in [1.82, 2.24) is 13.5 Å². The number of aliphatic hydroxyl groups is 1. The summed E-state index contributed by atoms with van der Waals surface area (Å²) in [6.45, 7) is 2.00. The van der Waals surface area contributed by atoms with Crippen LogP contribution in [0, 0.1) is 11.8 Å². The van der Waals surface area contributed by atoms with E-state index in [1.54, 1.807) is 32.4 Å². The van der Waals surface area contributed by atoms with Crippen molar-refractivity contribution in [2.75, 3.05) is 66.4 Å². The predicted molar refractivity (Wildman–Crippen MR) is 193 cm³/mol. The van der Waals surface area contributed by atoms with Crippen LogP contribution in [0.5, 0.6) is 5.75 Å². The second kappa shape index (κ2) is 14.1. The maximum absolute atomic E-state index is 14.2. The molecule has 5 atom stereocenters. The number of hydrogen-bond acceptors (Lipinski definition) is 8. The summed E-state index contributed by atoms with van der Waals surface area (Å²) in [5.41, 5.74) is 0.404. The fourth-order valence-corrected chi connectivity index (χ4v) is 9.29. The molecule has 50 heavy (non-hydrogen) atoms. The van der Waals surface area contributed by atoms with Crippen LogP contribution in [0.4, 0.5) is 5.69 Å². The van der Waals surface area contributed by atoms with Crippen LogP contribution < -0.4 is 9.64 Å². The van der Waals surface area contributed by atoms with Gasteiger partial charge in [0, 0.05) is 65.4 Å². The largest absolute Gasteiger partial charge is 0.490 e. The molecule has 2 aliphatic heterocycles. The Kier molecular flexibility index (Phi) is 10.3. The molecule has 1 spiro atoms. The van der Waals surface area contributed by atoms with E-state index in [0.717, 1.165) is 43.5 Å². The van der Waals surface area contributed by atoms with Crippen LogP contribution in [-0.4, -0.2) is 106 Å². The number of halogens is 1. The van der Waals surface area contributed by atoms with Crippen LogP contribution in [0.15, 0.2) is 48.6 Å². The van der Waals surface area contributed by atoms with Crippen molar-refractivity contribution in [3.8, 4) is 5.75 Å². The van der Waals surface area contributed by atoms with E-state index in [-0.39, 0.29) is 23.6 Å². The molecule has 11 nitrogen and oxygen atoms in total. The molecule has 2 aromatic rings. The highest BCUT2D eigenvalue weighted by atomic mass is 35.5. The maximum atomic E-state index is 14.2. The van der Waals surface area contributed by atoms with Crippen molar-refractivity contribution in [2.24, 2.45) is 11.8 Å². The monoisotopic (exact) mass is 728 g/mol. The first-order valence-corrected chi connectivity index (χ1v) is 19.1. The lowest BCUT2D eigenvalue weighted by Crippen LogP contribution is -2.52. The van der Waals surface area contributed by atoms with Gasteiger partial charge in [-0.25, -0.2) is 4.31 Å². The fraction of sp³-hybridized carbons (Fsp3) is 0.568. The highest BCUT2D eigenvalue weighted by Gasteiger charge is 2.48. The van der Waals surface area contributed by atoms with Gasteiger partial charge in [-0.2, -0.15) is 12.7 Å². The van der Waals surface area contributed by atoms with Gasteiger partial charge in [0.1, 0.15) is 5.75 Å². The minimum absolute atomic E-state index is 0.0244. The Labute approximate surface area is 300 Å². The van der Waals surface area contributed by atoms with Gasteiger partial charge in [-0.05, 0) is 91.3 Å². The first kappa shape index (κ1) is 36.6. The molecule has 6 rings (SSSR count). The highest BCUT2D eigenvalue weighted by molar-refractivity contribution is 7.87. The van der Waals surface area contributed by atoms with Gasteiger partial charge in [-0.15, -0.1) is 0 Å². The molecule has 2 aliphatic carbocycles. The zero-order chi connectivity index (χ0) is 36.0. The molecule has 1 fully saturated rings. The van der Waals surface area contributed by atoms with E-state index < -0.39 is 34.0 Å². The average molecular weight is 729 g/mol. The van der Waals surface area contributed by atoms with Gasteiger partial charge >= 0.3 is 10.2 Å². The van der Waals surface area contributed by atoms with Crippen LogP contribution in [0.2, 0.25) is 5.02 Å². The van der Waals surface area contributed by atoms with Gasteiger partial charge in [0.2, 0.25) is 5.91 Å². The molecular formula is C37H49ClN4O7S. The topological polar surface area (TPSA) is 120 Å². The lowest BCUT2D eigenvalue weighted by atomic mass is 9.68. The van der Waals surface area contributed by atoms with Crippen molar-refractivity contribution < 1.29 is 32.6 Å². The number of aryl methyl sites for hydroxylation is 1. The van der Waals surface area contributed by atoms with Crippen LogP contribution in [0.3, 0.4) is 0 Å². The Bertz CT molecular complexity index is 1770. The first-order valence-electron chi connectivity index (χ1n) is 17.4. The van der Waals surface area contributed by atoms with Crippen molar-refractivity contribution in [3.63, 3.8) is 0 Å². The van der Waals surface area contributed by atoms with E-state index in [1.165, 1.54) is 30.1 Å². The number of methoxy groups -OCH3 is 1. The molecular weight excluding hydrogens is 680 g/mol. The number of rotatable bonds is 4. The van der Waals surface area contributed by atoms with Crippen LogP contribution in [0.25, 0.3) is 0 Å². The summed E-state index contributed by atoms with van der Waals surface area (Å²) in [5.74, 6) is -0.397. The fourth-order valence-electron chi connectivity index (χ4n) is 8.24. The van der Waals surface area contributed by atoms with Crippen LogP contribution in [-0.2, 0) is 42.0 Å². The number of benzene rings is 2. The Hall–Kier alpha value is -3.16. The summed E-state index contributed by atoms with van der Waals surface area (Å²) in [6.07, 6.45) is 8.87. The standard InChI is InChI=1S/C37H49ClN4O7S/c1-39(2)50(46,47)41(4)35(44)37(45)21-34(43)40(3)18-7-6-10-32(48-5)29-14-11-26(29)22-42-23-36(24-49-33-16-12-27(37)20-31(33)42)17-8-9-25-19-28(38)13-15-30(25)36/h6-7,12-13,15-16,19-20,26,29,32,45H,8-11,14,17-18,21-24H2,1-5H3/t26-,29+,32-,36-,37+/m0/s1. The third-order valence-corrected chi connectivity index (χ3v) is 13.4. The lowest BCUT2D eigenvalue weighted by molar-refractivity contribution is -0.153. The van der Waals surface area contributed by atoms with Gasteiger partial charge in [-0.3, -0.25) is 9.59 Å². The van der Waals surface area contributed by atoms with Gasteiger partial charge < -0.3 is 24.4 Å². The average Bonchev–Trinajstić information content (AvgIpc) is 3.23. The van der Waals surface area contributed by atoms with E-state index in [9.17, 15) is 23.1 Å². The molecule has 2 heterocycles. The summed E-state index contributed by atoms with van der Waals surface area (Å²) in [7, 11) is 2.79. The molecule has 1 saturated carbocycles. The Morgan fingerprint density at radius 2 is 1.90 bits per heavy atom. The summed E-state index contributed by atoms with van der Waals surface area (Å²) in [5, 5.41) is 13.1. The van der Waals surface area contributed by atoms with Crippen molar-refractivity contribution >= 4 is 39.3 Å². The molecule has 272 valence electrons. The molecule has 2 bridgehead atoms. The van der Waals surface area contributed by atoms with Gasteiger partial charge in [0.05, 0.1) is 24.8 Å². The third kappa shape index (κ3) is 6.65. The van der Waals surface area contributed by atoms with E-state index in [1.807, 2.05) is 18.2 Å². The number of amides is 2. The normalized spacial score (nSPS) is 28.7. The quantitative estimate of drug-likeness (QED) is 0.468. The molecule has 2 aromatic carbocycles. The SMILES string of the molecule is CO[C@H]1CC=CCN(C)C(=O)C[C@](O)(C(=O)N(C)S(=O)(=O)N(C)C)c2ccc3c(c2)N(C[C@@H]2CC[C@H]21)C[C@@]1(CCCc2cc(Cl)ccc21)CO3. The number of carbonyl (C=O) groups excluding carboxylic acids is 2. The molecule has 0 aromatic heterocycles. The second-order valence-corrected chi connectivity index (χ2v) is 17.3. The van der Waals surface area contributed by atoms with E-state index in [4.69, 9.17) is 21.1 Å². The molecule has 13 heteroatoms. The molecule has 0 saturated heterocycles. The Morgan fingerprint density at radius 3 is 2.60 bits per heavy atom. The molecule has 4 aliphatic rings. The summed E-state index contributed by atoms with van der Waals surface area (Å²) < 4.78 is 40.4. The molecule has 0 unspecified atom stereocenters. The van der Waals surface area contributed by atoms with Crippen molar-refractivity contribution in [3.05, 3.63) is 70.3 Å². The van der Waals surface area contributed by atoms with Crippen LogP contribution in [0.1, 0.15) is 55.2 Å². The molecule has 1 N–H and O–H groups in total. The highest BCUT2D eigenvalue weighted by Crippen LogP contribution is 2.48. The van der Waals surface area contributed by atoms with Crippen molar-refractivity contribution in [1.29, 1.82) is 0 Å². The van der Waals surface area contributed by atoms with E-state index in [2.05, 4.69) is 17.0 Å². The predicted octanol–water partition coefficient (Wildman–Crippen LogP) is 4.12. The molecule has 2 amide bonds. The first-order chi connectivity index (χ1) is 23.7. The van der Waals surface area contributed by atoms with E-state index >= 15 is 0 Å². The number of nitrogens with zero attached hydrogens (tertiary/aromatic N) is 4. The number of anilines is 1. The summed E-state index contributed by atoms with van der Waals surface area (Å²) >= 11 is 6.45. The van der Waals surface area contributed by atoms with E-state index in [0.29, 0.717) is 58.7 Å². The molecule has 0 radical (unpaired) electrons. The maximum Gasteiger partial charge on any atom is 0.305 e. The smallest absolute Gasteiger partial charge is 0.305 e.